The van der Waals surface area contributed by atoms with Crippen molar-refractivity contribution in [2.45, 2.75) is 12.5 Å². The molecule has 0 fully saturated rings. The molecule has 1 unspecified atom stereocenters. The zero-order chi connectivity index (χ0) is 15.5. The van der Waals surface area contributed by atoms with E-state index >= 15 is 0 Å². The number of benzene rings is 2. The minimum Gasteiger partial charge on any atom is -0.494 e. The Labute approximate surface area is 150 Å². The van der Waals surface area contributed by atoms with Crippen molar-refractivity contribution in [3.8, 4) is 5.75 Å². The maximum absolute atomic E-state index is 10.1. The second-order valence-corrected chi connectivity index (χ2v) is 6.02. The predicted molar refractivity (Wildman–Crippen MR) is 97.5 cm³/mol. The smallest absolute Gasteiger partial charge is 0.494 e. The molecular weight excluding hydrogens is 380 g/mol. The lowest BCUT2D eigenvalue weighted by Crippen LogP contribution is -2.30. The van der Waals surface area contributed by atoms with E-state index in [0.717, 1.165) is 16.5 Å². The largest absolute Gasteiger partial charge is 0.495 e. The molecule has 1 aliphatic rings. The van der Waals surface area contributed by atoms with E-state index in [1.807, 2.05) is 30.3 Å². The average Bonchev–Trinajstić information content (AvgIpc) is 2.89. The molecule has 2 aromatic carbocycles. The van der Waals surface area contributed by atoms with Crippen molar-refractivity contribution in [3.05, 3.63) is 58.1 Å². The predicted octanol–water partition coefficient (Wildman–Crippen LogP) is 2.21. The van der Waals surface area contributed by atoms with Gasteiger partial charge in [0.05, 0.1) is 12.7 Å². The van der Waals surface area contributed by atoms with Crippen molar-refractivity contribution in [2.24, 2.45) is 5.73 Å². The number of hydrogen-bond acceptors (Lipinski definition) is 4. The highest BCUT2D eigenvalue weighted by Crippen LogP contribution is 2.33. The number of hydrogen-bond donors (Lipinski definition) is 2. The van der Waals surface area contributed by atoms with Gasteiger partial charge in [0.1, 0.15) is 5.75 Å². The third kappa shape index (κ3) is 3.90. The molecule has 0 radical (unpaired) electrons. The van der Waals surface area contributed by atoms with Gasteiger partial charge in [0, 0.05) is 22.9 Å². The van der Waals surface area contributed by atoms with Crippen LogP contribution in [0.4, 0.5) is 0 Å². The van der Waals surface area contributed by atoms with Crippen molar-refractivity contribution < 1.29 is 14.4 Å². The molecule has 122 valence electrons. The summed E-state index contributed by atoms with van der Waals surface area (Å²) in [6.07, 6.45) is 0.500. The third-order valence-corrected chi connectivity index (χ3v) is 4.45. The van der Waals surface area contributed by atoms with Crippen LogP contribution in [0.15, 0.2) is 46.9 Å². The molecule has 1 aliphatic heterocycles. The van der Waals surface area contributed by atoms with Crippen LogP contribution in [0.2, 0.25) is 0 Å². The summed E-state index contributed by atoms with van der Waals surface area (Å²) in [5.41, 5.74) is 8.48. The Morgan fingerprint density at radius 2 is 1.96 bits per heavy atom. The summed E-state index contributed by atoms with van der Waals surface area (Å²) >= 11 is 3.49. The lowest BCUT2D eigenvalue weighted by atomic mass is 9.78. The molecule has 0 aliphatic carbocycles. The first-order valence-electron chi connectivity index (χ1n) is 7.23. The molecule has 2 aromatic rings. The average molecular weight is 398 g/mol. The standard InChI is InChI=1S/C16H17BBrNO3.ClH/c18-12-6-7-13(16-15(12)14(10-19)22-17(16)20)21-9-8-11-4-2-1-3-5-11;/h1-7,14,20H,8-10,19H2;1H. The molecule has 0 aromatic heterocycles. The second-order valence-electron chi connectivity index (χ2n) is 5.17. The van der Waals surface area contributed by atoms with Crippen molar-refractivity contribution in [1.29, 1.82) is 0 Å². The van der Waals surface area contributed by atoms with Gasteiger partial charge in [0.25, 0.3) is 0 Å². The van der Waals surface area contributed by atoms with Gasteiger partial charge in [-0.05, 0) is 23.3 Å². The molecule has 23 heavy (non-hydrogen) atoms. The summed E-state index contributed by atoms with van der Waals surface area (Å²) in [5.74, 6) is 0.651. The first-order chi connectivity index (χ1) is 10.7. The Balaban J connectivity index is 0.00000192. The SMILES string of the molecule is Cl.NCC1OB(O)c2c(OCCc3ccccc3)ccc(Br)c21. The minimum absolute atomic E-state index is 0. The highest BCUT2D eigenvalue weighted by atomic mass is 79.9. The lowest BCUT2D eigenvalue weighted by Gasteiger charge is -2.13. The zero-order valence-electron chi connectivity index (χ0n) is 12.4. The van der Waals surface area contributed by atoms with Gasteiger partial charge in [-0.15, -0.1) is 12.4 Å². The monoisotopic (exact) mass is 397 g/mol. The molecule has 0 bridgehead atoms. The van der Waals surface area contributed by atoms with Crippen LogP contribution in [0.1, 0.15) is 17.2 Å². The normalized spacial score (nSPS) is 16.0. The number of halogens is 2. The van der Waals surface area contributed by atoms with Gasteiger partial charge < -0.3 is 20.1 Å². The minimum atomic E-state index is -0.993. The molecule has 4 nitrogen and oxygen atoms in total. The van der Waals surface area contributed by atoms with Gasteiger partial charge in [-0.25, -0.2) is 0 Å². The zero-order valence-corrected chi connectivity index (χ0v) is 14.8. The molecule has 0 saturated heterocycles. The van der Waals surface area contributed by atoms with Crippen LogP contribution in [0.5, 0.6) is 5.75 Å². The molecule has 7 heteroatoms. The first kappa shape index (κ1) is 18.3. The summed E-state index contributed by atoms with van der Waals surface area (Å²) < 4.78 is 12.2. The lowest BCUT2D eigenvalue weighted by molar-refractivity contribution is 0.197. The molecule has 3 N–H and O–H groups in total. The molecular formula is C16H18BBrClNO3. The Kier molecular flexibility index (Phi) is 6.50. The maximum atomic E-state index is 10.1. The summed E-state index contributed by atoms with van der Waals surface area (Å²) in [5, 5.41) is 10.1. The topological polar surface area (TPSA) is 64.7 Å². The highest BCUT2D eigenvalue weighted by Gasteiger charge is 2.38. The quantitative estimate of drug-likeness (QED) is 0.758. The van der Waals surface area contributed by atoms with Crippen LogP contribution >= 0.6 is 28.3 Å². The van der Waals surface area contributed by atoms with Crippen LogP contribution < -0.4 is 15.9 Å². The van der Waals surface area contributed by atoms with E-state index in [1.165, 1.54) is 5.56 Å². The Hall–Kier alpha value is -1.05. The van der Waals surface area contributed by atoms with E-state index in [4.69, 9.17) is 15.1 Å². The maximum Gasteiger partial charge on any atom is 0.495 e. The van der Waals surface area contributed by atoms with Crippen molar-refractivity contribution in [2.75, 3.05) is 13.2 Å². The Morgan fingerprint density at radius 1 is 1.22 bits per heavy atom. The van der Waals surface area contributed by atoms with Crippen molar-refractivity contribution in [1.82, 2.24) is 0 Å². The van der Waals surface area contributed by atoms with Gasteiger partial charge in [-0.2, -0.15) is 0 Å². The van der Waals surface area contributed by atoms with E-state index < -0.39 is 7.12 Å². The van der Waals surface area contributed by atoms with Crippen molar-refractivity contribution in [3.63, 3.8) is 0 Å². The summed E-state index contributed by atoms with van der Waals surface area (Å²) in [6.45, 7) is 0.855. The number of rotatable bonds is 5. The Bertz CT molecular complexity index is 659. The van der Waals surface area contributed by atoms with Crippen LogP contribution in [-0.4, -0.2) is 25.3 Å². The van der Waals surface area contributed by atoms with Gasteiger partial charge in [-0.3, -0.25) is 0 Å². The second kappa shape index (κ2) is 8.17. The first-order valence-corrected chi connectivity index (χ1v) is 8.02. The Morgan fingerprint density at radius 3 is 2.65 bits per heavy atom. The molecule has 3 rings (SSSR count). The van der Waals surface area contributed by atoms with E-state index in [9.17, 15) is 5.02 Å². The third-order valence-electron chi connectivity index (χ3n) is 3.76. The van der Waals surface area contributed by atoms with Gasteiger partial charge in [0.2, 0.25) is 0 Å². The summed E-state index contributed by atoms with van der Waals surface area (Å²) in [7, 11) is -0.993. The van der Waals surface area contributed by atoms with E-state index in [1.54, 1.807) is 0 Å². The summed E-state index contributed by atoms with van der Waals surface area (Å²) in [4.78, 5) is 0. The van der Waals surface area contributed by atoms with Crippen LogP contribution in [0, 0.1) is 0 Å². The van der Waals surface area contributed by atoms with E-state index in [0.29, 0.717) is 24.4 Å². The van der Waals surface area contributed by atoms with Crippen LogP contribution in [0.25, 0.3) is 0 Å². The molecule has 1 atom stereocenters. The fourth-order valence-electron chi connectivity index (χ4n) is 2.69. The van der Waals surface area contributed by atoms with E-state index in [-0.39, 0.29) is 18.5 Å². The van der Waals surface area contributed by atoms with Crippen LogP contribution in [-0.2, 0) is 11.1 Å². The fraction of sp³-hybridized carbons (Fsp3) is 0.250. The van der Waals surface area contributed by atoms with E-state index in [2.05, 4.69) is 28.1 Å². The summed E-state index contributed by atoms with van der Waals surface area (Å²) in [6, 6.07) is 13.9. The molecule has 0 spiro atoms. The fourth-order valence-corrected chi connectivity index (χ4v) is 3.29. The van der Waals surface area contributed by atoms with Gasteiger partial charge in [0.15, 0.2) is 0 Å². The number of ether oxygens (including phenoxy) is 1. The molecule has 0 amide bonds. The molecule has 1 heterocycles. The number of nitrogens with two attached hydrogens (primary N) is 1. The van der Waals surface area contributed by atoms with Crippen LogP contribution in [0.3, 0.4) is 0 Å². The van der Waals surface area contributed by atoms with Crippen molar-refractivity contribution >= 4 is 40.9 Å². The highest BCUT2D eigenvalue weighted by molar-refractivity contribution is 9.10. The number of fused-ring (bicyclic) bond motifs is 1. The van der Waals surface area contributed by atoms with Gasteiger partial charge in [-0.1, -0.05) is 46.3 Å². The molecule has 0 saturated carbocycles. The van der Waals surface area contributed by atoms with Gasteiger partial charge >= 0.3 is 7.12 Å².